The third-order valence-electron chi connectivity index (χ3n) is 3.17. The maximum atomic E-state index is 11.9. The Balaban J connectivity index is 1.91. The molecule has 1 fully saturated rings. The normalized spacial score (nSPS) is 20.1. The number of ether oxygens (including phenoxy) is 2. The Kier molecular flexibility index (Phi) is 5.31. The maximum Gasteiger partial charge on any atom is 0.338 e. The molecule has 1 heterocycles. The Morgan fingerprint density at radius 3 is 2.65 bits per heavy atom. The summed E-state index contributed by atoms with van der Waals surface area (Å²) >= 11 is 0. The van der Waals surface area contributed by atoms with Gasteiger partial charge in [-0.3, -0.25) is 4.21 Å². The molecule has 2 atom stereocenters. The maximum absolute atomic E-state index is 11.9. The van der Waals surface area contributed by atoms with Crippen LogP contribution in [-0.4, -0.2) is 34.7 Å². The van der Waals surface area contributed by atoms with Gasteiger partial charge in [0.05, 0.1) is 22.5 Å². The van der Waals surface area contributed by atoms with Crippen LogP contribution in [0.25, 0.3) is 0 Å². The van der Waals surface area contributed by atoms with Gasteiger partial charge in [0.15, 0.2) is 0 Å². The number of benzene rings is 1. The molecule has 1 aliphatic rings. The van der Waals surface area contributed by atoms with Crippen molar-refractivity contribution >= 4 is 16.8 Å². The van der Waals surface area contributed by atoms with Gasteiger partial charge >= 0.3 is 5.97 Å². The van der Waals surface area contributed by atoms with Crippen molar-refractivity contribution in [3.8, 4) is 0 Å². The predicted octanol–water partition coefficient (Wildman–Crippen LogP) is 2.54. The van der Waals surface area contributed by atoms with Crippen LogP contribution in [0.3, 0.4) is 0 Å². The molecule has 0 bridgehead atoms. The highest BCUT2D eigenvalue weighted by atomic mass is 32.2. The first kappa shape index (κ1) is 15.2. The van der Waals surface area contributed by atoms with Crippen LogP contribution in [0, 0.1) is 0 Å². The van der Waals surface area contributed by atoms with Crippen molar-refractivity contribution < 1.29 is 18.5 Å². The number of carbonyl (C=O) groups is 1. The fourth-order valence-corrected chi connectivity index (χ4v) is 2.97. The second-order valence-corrected chi connectivity index (χ2v) is 7.11. The summed E-state index contributed by atoms with van der Waals surface area (Å²) in [5, 5.41) is 0.0623. The highest BCUT2D eigenvalue weighted by molar-refractivity contribution is 7.85. The van der Waals surface area contributed by atoms with Gasteiger partial charge in [-0.1, -0.05) is 13.8 Å². The monoisotopic (exact) mass is 296 g/mol. The Bertz CT molecular complexity index is 475. The van der Waals surface area contributed by atoms with Crippen LogP contribution >= 0.6 is 0 Å². The summed E-state index contributed by atoms with van der Waals surface area (Å²) in [6, 6.07) is 6.76. The fourth-order valence-electron chi connectivity index (χ4n) is 2.03. The van der Waals surface area contributed by atoms with Gasteiger partial charge in [-0.25, -0.2) is 4.79 Å². The zero-order chi connectivity index (χ0) is 14.5. The van der Waals surface area contributed by atoms with E-state index in [9.17, 15) is 9.00 Å². The van der Waals surface area contributed by atoms with E-state index < -0.39 is 10.8 Å². The van der Waals surface area contributed by atoms with Gasteiger partial charge in [0.25, 0.3) is 0 Å². The molecule has 2 unspecified atom stereocenters. The van der Waals surface area contributed by atoms with Crippen molar-refractivity contribution in [1.29, 1.82) is 0 Å². The van der Waals surface area contributed by atoms with E-state index in [1.54, 1.807) is 24.3 Å². The molecule has 0 radical (unpaired) electrons. The number of carbonyl (C=O) groups excluding carboxylic acids is 1. The zero-order valence-electron chi connectivity index (χ0n) is 11.8. The average Bonchev–Trinajstić information content (AvgIpc) is 2.97. The Labute approximate surface area is 121 Å². The van der Waals surface area contributed by atoms with E-state index in [-0.39, 0.29) is 17.3 Å². The topological polar surface area (TPSA) is 52.6 Å². The first-order valence-corrected chi connectivity index (χ1v) is 8.08. The van der Waals surface area contributed by atoms with Crippen molar-refractivity contribution in [3.63, 3.8) is 0 Å². The Hall–Kier alpha value is -1.20. The van der Waals surface area contributed by atoms with Gasteiger partial charge in [0.2, 0.25) is 0 Å². The molecule has 0 saturated carbocycles. The lowest BCUT2D eigenvalue weighted by atomic mass is 10.2. The summed E-state index contributed by atoms with van der Waals surface area (Å²) in [7, 11) is -1.03. The lowest BCUT2D eigenvalue weighted by Gasteiger charge is -2.10. The summed E-state index contributed by atoms with van der Waals surface area (Å²) in [6.45, 7) is 4.86. The molecule has 20 heavy (non-hydrogen) atoms. The molecule has 1 aromatic carbocycles. The predicted molar refractivity (Wildman–Crippen MR) is 77.2 cm³/mol. The van der Waals surface area contributed by atoms with Crippen molar-refractivity contribution in [2.75, 3.05) is 13.2 Å². The molecule has 2 rings (SSSR count). The van der Waals surface area contributed by atoms with E-state index in [4.69, 9.17) is 9.47 Å². The molecule has 0 N–H and O–H groups in total. The minimum absolute atomic E-state index is 0.0340. The fraction of sp³-hybridized carbons (Fsp3) is 0.533. The van der Waals surface area contributed by atoms with Gasteiger partial charge in [-0.05, 0) is 37.1 Å². The minimum Gasteiger partial charge on any atom is -0.459 e. The molecule has 0 aliphatic carbocycles. The molecule has 5 heteroatoms. The standard InChI is InChI=1S/C15H20O4S/c1-11(2)20(17)14-7-5-12(6-8-14)15(16)19-10-13-4-3-9-18-13/h5-8,11,13H,3-4,9-10H2,1-2H3. The van der Waals surface area contributed by atoms with Crippen LogP contribution < -0.4 is 0 Å². The lowest BCUT2D eigenvalue weighted by molar-refractivity contribution is 0.0161. The van der Waals surface area contributed by atoms with Gasteiger partial charge in [-0.15, -0.1) is 0 Å². The summed E-state index contributed by atoms with van der Waals surface area (Å²) in [6.07, 6.45) is 2.00. The summed E-state index contributed by atoms with van der Waals surface area (Å²) < 4.78 is 22.5. The summed E-state index contributed by atoms with van der Waals surface area (Å²) in [5.74, 6) is -0.359. The number of hydrogen-bond acceptors (Lipinski definition) is 4. The third-order valence-corrected chi connectivity index (χ3v) is 4.77. The van der Waals surface area contributed by atoms with Crippen LogP contribution in [-0.2, 0) is 20.3 Å². The molecule has 1 aromatic rings. The van der Waals surface area contributed by atoms with Crippen LogP contribution in [0.5, 0.6) is 0 Å². The van der Waals surface area contributed by atoms with Gasteiger partial charge in [-0.2, -0.15) is 0 Å². The second-order valence-electron chi connectivity index (χ2n) is 5.10. The third kappa shape index (κ3) is 3.90. The van der Waals surface area contributed by atoms with E-state index in [1.165, 1.54) is 0 Å². The van der Waals surface area contributed by atoms with Gasteiger partial charge in [0.1, 0.15) is 6.61 Å². The molecule has 0 spiro atoms. The molecule has 1 aliphatic heterocycles. The lowest BCUT2D eigenvalue weighted by Crippen LogP contribution is -2.17. The number of esters is 1. The molecule has 0 amide bonds. The van der Waals surface area contributed by atoms with E-state index in [0.29, 0.717) is 12.2 Å². The Morgan fingerprint density at radius 2 is 2.10 bits per heavy atom. The number of rotatable bonds is 5. The van der Waals surface area contributed by atoms with Crippen molar-refractivity contribution in [2.24, 2.45) is 0 Å². The molecule has 110 valence electrons. The first-order chi connectivity index (χ1) is 9.58. The van der Waals surface area contributed by atoms with Crippen LogP contribution in [0.2, 0.25) is 0 Å². The smallest absolute Gasteiger partial charge is 0.338 e. The van der Waals surface area contributed by atoms with Crippen LogP contribution in [0.1, 0.15) is 37.0 Å². The largest absolute Gasteiger partial charge is 0.459 e. The van der Waals surface area contributed by atoms with E-state index in [0.717, 1.165) is 24.3 Å². The minimum atomic E-state index is -1.03. The van der Waals surface area contributed by atoms with Crippen LogP contribution in [0.4, 0.5) is 0 Å². The quantitative estimate of drug-likeness (QED) is 0.784. The average molecular weight is 296 g/mol. The molecular formula is C15H20O4S. The van der Waals surface area contributed by atoms with Crippen molar-refractivity contribution in [2.45, 2.75) is 42.9 Å². The number of hydrogen-bond donors (Lipinski definition) is 0. The highest BCUT2D eigenvalue weighted by Crippen LogP contribution is 2.15. The Morgan fingerprint density at radius 1 is 1.40 bits per heavy atom. The second kappa shape index (κ2) is 6.99. The van der Waals surface area contributed by atoms with Crippen molar-refractivity contribution in [3.05, 3.63) is 29.8 Å². The van der Waals surface area contributed by atoms with Gasteiger partial charge < -0.3 is 9.47 Å². The van der Waals surface area contributed by atoms with Crippen molar-refractivity contribution in [1.82, 2.24) is 0 Å². The zero-order valence-corrected chi connectivity index (χ0v) is 12.7. The van der Waals surface area contributed by atoms with Gasteiger partial charge in [0, 0.05) is 16.8 Å². The molecule has 0 aromatic heterocycles. The molecule has 4 nitrogen and oxygen atoms in total. The molecule has 1 saturated heterocycles. The van der Waals surface area contributed by atoms with Crippen LogP contribution in [0.15, 0.2) is 29.2 Å². The highest BCUT2D eigenvalue weighted by Gasteiger charge is 2.18. The molecular weight excluding hydrogens is 276 g/mol. The van der Waals surface area contributed by atoms with E-state index in [2.05, 4.69) is 0 Å². The van der Waals surface area contributed by atoms with E-state index in [1.807, 2.05) is 13.8 Å². The summed E-state index contributed by atoms with van der Waals surface area (Å²) in [4.78, 5) is 12.6. The van der Waals surface area contributed by atoms with E-state index >= 15 is 0 Å². The summed E-state index contributed by atoms with van der Waals surface area (Å²) in [5.41, 5.74) is 0.479. The SMILES string of the molecule is CC(C)S(=O)c1ccc(C(=O)OCC2CCCO2)cc1. The first-order valence-electron chi connectivity index (χ1n) is 6.87.